The fraction of sp³-hybridized carbons (Fsp3) is 0.500. The predicted octanol–water partition coefficient (Wildman–Crippen LogP) is 4.14. The molecule has 0 bridgehead atoms. The summed E-state index contributed by atoms with van der Waals surface area (Å²) in [6, 6.07) is 9.98. The normalized spacial score (nSPS) is 20.4. The van der Waals surface area contributed by atoms with Gasteiger partial charge >= 0.3 is 0 Å². The number of rotatable bonds is 10. The van der Waals surface area contributed by atoms with Crippen LogP contribution in [-0.4, -0.2) is 43.9 Å². The van der Waals surface area contributed by atoms with Crippen LogP contribution < -0.4 is 0 Å². The van der Waals surface area contributed by atoms with E-state index in [1.54, 1.807) is 25.1 Å². The van der Waals surface area contributed by atoms with Crippen LogP contribution in [0.5, 0.6) is 0 Å². The number of amides is 1. The summed E-state index contributed by atoms with van der Waals surface area (Å²) >= 11 is 0. The first-order chi connectivity index (χ1) is 13.9. The number of ether oxygens (including phenoxy) is 2. The second kappa shape index (κ2) is 11.0. The van der Waals surface area contributed by atoms with E-state index in [4.69, 9.17) is 9.47 Å². The minimum Gasteiger partial charge on any atom is -0.498 e. The first-order valence-electron chi connectivity index (χ1n) is 10.2. The van der Waals surface area contributed by atoms with E-state index in [0.717, 1.165) is 11.3 Å². The molecule has 1 amide bonds. The number of ketones is 1. The second-order valence-corrected chi connectivity index (χ2v) is 7.85. The molecule has 0 unspecified atom stereocenters. The van der Waals surface area contributed by atoms with Crippen molar-refractivity contribution >= 4 is 11.7 Å². The van der Waals surface area contributed by atoms with E-state index >= 15 is 0 Å². The summed E-state index contributed by atoms with van der Waals surface area (Å²) in [7, 11) is 3.48. The molecule has 0 aromatic heterocycles. The molecule has 1 aliphatic rings. The topological polar surface area (TPSA) is 55.8 Å². The fourth-order valence-corrected chi connectivity index (χ4v) is 3.47. The zero-order chi connectivity index (χ0) is 21.3. The summed E-state index contributed by atoms with van der Waals surface area (Å²) in [5.74, 6) is 0.588. The highest BCUT2D eigenvalue weighted by molar-refractivity contribution is 5.96. The van der Waals surface area contributed by atoms with Crippen LogP contribution in [0.4, 0.5) is 0 Å². The van der Waals surface area contributed by atoms with Crippen LogP contribution in [0.15, 0.2) is 54.3 Å². The van der Waals surface area contributed by atoms with Crippen LogP contribution in [0.1, 0.15) is 38.7 Å². The third kappa shape index (κ3) is 6.57. The Balaban J connectivity index is 2.06. The van der Waals surface area contributed by atoms with Gasteiger partial charge < -0.3 is 14.4 Å². The Kier molecular flexibility index (Phi) is 8.65. The lowest BCUT2D eigenvalue weighted by molar-refractivity contribution is -0.132. The van der Waals surface area contributed by atoms with E-state index < -0.39 is 5.41 Å². The molecule has 0 spiro atoms. The molecule has 0 saturated carbocycles. The molecule has 0 saturated heterocycles. The summed E-state index contributed by atoms with van der Waals surface area (Å²) in [5.41, 5.74) is 0.491. The first-order valence-corrected chi connectivity index (χ1v) is 10.2. The lowest BCUT2D eigenvalue weighted by Crippen LogP contribution is -2.39. The molecule has 1 aromatic carbocycles. The molecule has 2 rings (SSSR count). The second-order valence-electron chi connectivity index (χ2n) is 7.85. The van der Waals surface area contributed by atoms with Gasteiger partial charge in [0, 0.05) is 38.4 Å². The number of allylic oxidation sites excluding steroid dienone is 3. The van der Waals surface area contributed by atoms with E-state index in [2.05, 4.69) is 0 Å². The van der Waals surface area contributed by atoms with Gasteiger partial charge in [-0.15, -0.1) is 0 Å². The van der Waals surface area contributed by atoms with Crippen molar-refractivity contribution in [2.24, 2.45) is 11.3 Å². The molecule has 5 nitrogen and oxygen atoms in total. The zero-order valence-corrected chi connectivity index (χ0v) is 18.0. The quantitative estimate of drug-likeness (QED) is 0.438. The van der Waals surface area contributed by atoms with Gasteiger partial charge in [0.15, 0.2) is 5.78 Å². The molecular weight excluding hydrogens is 366 g/mol. The number of hydrogen-bond acceptors (Lipinski definition) is 4. The summed E-state index contributed by atoms with van der Waals surface area (Å²) in [5, 5.41) is 0. The van der Waals surface area contributed by atoms with Gasteiger partial charge in [0.2, 0.25) is 5.91 Å². The molecule has 29 heavy (non-hydrogen) atoms. The van der Waals surface area contributed by atoms with Gasteiger partial charge in [0.1, 0.15) is 0 Å². The van der Waals surface area contributed by atoms with Crippen molar-refractivity contribution in [1.29, 1.82) is 0 Å². The van der Waals surface area contributed by atoms with Gasteiger partial charge in [-0.3, -0.25) is 9.59 Å². The molecule has 0 heterocycles. The predicted molar refractivity (Wildman–Crippen MR) is 114 cm³/mol. The lowest BCUT2D eigenvalue weighted by Gasteiger charge is -2.37. The van der Waals surface area contributed by atoms with Crippen LogP contribution in [0.3, 0.4) is 0 Å². The van der Waals surface area contributed by atoms with Crippen molar-refractivity contribution < 1.29 is 19.1 Å². The van der Waals surface area contributed by atoms with Gasteiger partial charge in [-0.25, -0.2) is 0 Å². The van der Waals surface area contributed by atoms with Crippen LogP contribution >= 0.6 is 0 Å². The van der Waals surface area contributed by atoms with Crippen LogP contribution in [0, 0.1) is 11.3 Å². The maximum atomic E-state index is 12.9. The van der Waals surface area contributed by atoms with Crippen LogP contribution in [0.2, 0.25) is 0 Å². The molecule has 158 valence electrons. The Morgan fingerprint density at radius 3 is 2.62 bits per heavy atom. The number of nitrogens with zero attached hydrogens (tertiary/aromatic N) is 1. The molecule has 2 atom stereocenters. The van der Waals surface area contributed by atoms with Crippen molar-refractivity contribution in [2.75, 3.05) is 27.3 Å². The molecule has 1 aromatic rings. The number of carbonyl (C=O) groups is 2. The third-order valence-corrected chi connectivity index (χ3v) is 5.48. The largest absolute Gasteiger partial charge is 0.498 e. The van der Waals surface area contributed by atoms with Crippen LogP contribution in [-0.2, 0) is 25.7 Å². The molecule has 5 heteroatoms. The first kappa shape index (κ1) is 22.9. The molecule has 0 radical (unpaired) electrons. The smallest absolute Gasteiger partial charge is 0.222 e. The fourth-order valence-electron chi connectivity index (χ4n) is 3.47. The highest BCUT2D eigenvalue weighted by Crippen LogP contribution is 2.41. The van der Waals surface area contributed by atoms with Crippen molar-refractivity contribution in [3.63, 3.8) is 0 Å². The summed E-state index contributed by atoms with van der Waals surface area (Å²) in [6.45, 7) is 5.39. The van der Waals surface area contributed by atoms with E-state index in [0.29, 0.717) is 39.1 Å². The molecule has 0 aliphatic heterocycles. The Bertz CT molecular complexity index is 739. The minimum atomic E-state index is -0.623. The molecule has 1 aliphatic carbocycles. The molecular formula is C24H33NO4. The minimum absolute atomic E-state index is 0.0125. The van der Waals surface area contributed by atoms with Gasteiger partial charge in [0.05, 0.1) is 25.6 Å². The van der Waals surface area contributed by atoms with E-state index in [1.165, 1.54) is 0 Å². The number of hydrogen-bond donors (Lipinski definition) is 0. The Morgan fingerprint density at radius 1 is 1.28 bits per heavy atom. The lowest BCUT2D eigenvalue weighted by atomic mass is 9.66. The number of carbonyl (C=O) groups excluding carboxylic acids is 2. The van der Waals surface area contributed by atoms with Gasteiger partial charge in [-0.2, -0.15) is 0 Å². The Labute approximate surface area is 174 Å². The summed E-state index contributed by atoms with van der Waals surface area (Å²) in [4.78, 5) is 26.9. The SMILES string of the molecule is CCOC1=CC(=O)[C@@](C)([C@@H](/C=C/COCc2ccccc2)CC(=O)N(C)C)CC1. The van der Waals surface area contributed by atoms with Crippen molar-refractivity contribution in [1.82, 2.24) is 4.90 Å². The van der Waals surface area contributed by atoms with Gasteiger partial charge in [-0.05, 0) is 24.8 Å². The standard InChI is InChI=1S/C24H33NO4/c1-5-29-21-13-14-24(2,22(26)17-21)20(16-23(27)25(3)4)12-9-15-28-18-19-10-7-6-8-11-19/h6-12,17,20H,5,13-16,18H2,1-4H3/b12-9+/t20-,24+/m0/s1. The maximum Gasteiger partial charge on any atom is 0.222 e. The average molecular weight is 400 g/mol. The molecule has 0 N–H and O–H groups in total. The Morgan fingerprint density at radius 2 is 2.00 bits per heavy atom. The Hall–Kier alpha value is -2.40. The highest BCUT2D eigenvalue weighted by Gasteiger charge is 2.42. The third-order valence-electron chi connectivity index (χ3n) is 5.48. The number of benzene rings is 1. The van der Waals surface area contributed by atoms with Crippen molar-refractivity contribution in [2.45, 2.75) is 39.7 Å². The van der Waals surface area contributed by atoms with E-state index in [-0.39, 0.29) is 17.6 Å². The van der Waals surface area contributed by atoms with E-state index in [9.17, 15) is 9.59 Å². The zero-order valence-electron chi connectivity index (χ0n) is 18.0. The van der Waals surface area contributed by atoms with E-state index in [1.807, 2.05) is 56.3 Å². The highest BCUT2D eigenvalue weighted by atomic mass is 16.5. The van der Waals surface area contributed by atoms with Gasteiger partial charge in [-0.1, -0.05) is 49.4 Å². The van der Waals surface area contributed by atoms with Crippen molar-refractivity contribution in [3.05, 3.63) is 59.9 Å². The maximum absolute atomic E-state index is 12.9. The summed E-state index contributed by atoms with van der Waals surface area (Å²) < 4.78 is 11.2. The summed E-state index contributed by atoms with van der Waals surface area (Å²) in [6.07, 6.45) is 7.18. The molecule has 0 fully saturated rings. The van der Waals surface area contributed by atoms with Gasteiger partial charge in [0.25, 0.3) is 0 Å². The van der Waals surface area contributed by atoms with Crippen LogP contribution in [0.25, 0.3) is 0 Å². The van der Waals surface area contributed by atoms with Crippen molar-refractivity contribution in [3.8, 4) is 0 Å². The monoisotopic (exact) mass is 399 g/mol. The average Bonchev–Trinajstić information content (AvgIpc) is 2.70.